The van der Waals surface area contributed by atoms with E-state index in [0.29, 0.717) is 17.5 Å². The lowest BCUT2D eigenvalue weighted by Gasteiger charge is -2.23. The highest BCUT2D eigenvalue weighted by atomic mass is 35.5. The van der Waals surface area contributed by atoms with E-state index >= 15 is 0 Å². The van der Waals surface area contributed by atoms with Gasteiger partial charge in [0.05, 0.1) is 11.6 Å². The highest BCUT2D eigenvalue weighted by Gasteiger charge is 2.18. The van der Waals surface area contributed by atoms with Crippen LogP contribution in [0, 0.1) is 0 Å². The van der Waals surface area contributed by atoms with Crippen LogP contribution in [0.4, 0.5) is 5.13 Å². The van der Waals surface area contributed by atoms with E-state index in [9.17, 15) is 4.79 Å². The van der Waals surface area contributed by atoms with Crippen LogP contribution in [0.3, 0.4) is 0 Å². The molecule has 2 atom stereocenters. The van der Waals surface area contributed by atoms with Crippen LogP contribution in [-0.4, -0.2) is 29.6 Å². The van der Waals surface area contributed by atoms with Crippen LogP contribution < -0.4 is 11.1 Å². The molecule has 1 aromatic rings. The molecular weight excluding hydrogens is 346 g/mol. The van der Waals surface area contributed by atoms with Crippen LogP contribution in [0.2, 0.25) is 0 Å². The Morgan fingerprint density at radius 1 is 1.46 bits per heavy atom. The van der Waals surface area contributed by atoms with Crippen molar-refractivity contribution in [1.82, 2.24) is 4.98 Å². The Kier molecular flexibility index (Phi) is 10.7. The van der Waals surface area contributed by atoms with Crippen molar-refractivity contribution < 1.29 is 9.53 Å². The second-order valence-electron chi connectivity index (χ2n) is 6.71. The van der Waals surface area contributed by atoms with E-state index in [1.54, 1.807) is 7.11 Å². The maximum Gasteiger partial charge on any atom is 0.243 e. The van der Waals surface area contributed by atoms with Crippen molar-refractivity contribution >= 4 is 34.8 Å². The Morgan fingerprint density at radius 2 is 2.12 bits per heavy atom. The van der Waals surface area contributed by atoms with Crippen LogP contribution in [0.5, 0.6) is 0 Å². The number of carbonyl (C=O) groups is 1. The maximum atomic E-state index is 11.9. The summed E-state index contributed by atoms with van der Waals surface area (Å²) in [6.07, 6.45) is 6.66. The summed E-state index contributed by atoms with van der Waals surface area (Å²) in [4.78, 5) is 17.4. The summed E-state index contributed by atoms with van der Waals surface area (Å²) < 4.78 is 5.45. The number of anilines is 1. The van der Waals surface area contributed by atoms with Crippen LogP contribution in [0.15, 0.2) is 6.20 Å². The Balaban J connectivity index is 0.00000529. The molecule has 0 saturated carbocycles. The quantitative estimate of drug-likeness (QED) is 0.636. The van der Waals surface area contributed by atoms with E-state index in [2.05, 4.69) is 31.1 Å². The summed E-state index contributed by atoms with van der Waals surface area (Å²) in [5.41, 5.74) is 5.75. The topological polar surface area (TPSA) is 77.2 Å². The fraction of sp³-hybridized carbons (Fsp3) is 0.765. The Labute approximate surface area is 156 Å². The average Bonchev–Trinajstić information content (AvgIpc) is 2.95. The minimum atomic E-state index is -0.457. The number of aromatic nitrogens is 1. The summed E-state index contributed by atoms with van der Waals surface area (Å²) in [5.74, 6) is 0.275. The zero-order valence-electron chi connectivity index (χ0n) is 15.4. The number of nitrogens with one attached hydrogen (secondary N) is 1. The molecule has 0 bridgehead atoms. The number of rotatable bonds is 10. The molecule has 0 aliphatic heterocycles. The van der Waals surface area contributed by atoms with Gasteiger partial charge in [-0.1, -0.05) is 20.3 Å². The zero-order chi connectivity index (χ0) is 17.5. The van der Waals surface area contributed by atoms with Gasteiger partial charge in [0.1, 0.15) is 0 Å². The van der Waals surface area contributed by atoms with Crippen LogP contribution in [0.25, 0.3) is 0 Å². The Morgan fingerprint density at radius 3 is 2.71 bits per heavy atom. The fourth-order valence-electron chi connectivity index (χ4n) is 2.29. The number of hydrogen-bond donors (Lipinski definition) is 2. The molecule has 0 spiro atoms. The molecule has 0 fully saturated rings. The normalized spacial score (nSPS) is 13.9. The van der Waals surface area contributed by atoms with Gasteiger partial charge in [-0.05, 0) is 45.4 Å². The molecule has 7 heteroatoms. The van der Waals surface area contributed by atoms with Crippen LogP contribution in [0.1, 0.15) is 70.6 Å². The van der Waals surface area contributed by atoms with Gasteiger partial charge in [-0.25, -0.2) is 4.98 Å². The number of nitrogens with two attached hydrogens (primary N) is 1. The summed E-state index contributed by atoms with van der Waals surface area (Å²) >= 11 is 1.54. The number of carbonyl (C=O) groups excluding carboxylic acids is 1. The summed E-state index contributed by atoms with van der Waals surface area (Å²) in [6.45, 7) is 8.43. The zero-order valence-corrected chi connectivity index (χ0v) is 17.1. The van der Waals surface area contributed by atoms with E-state index in [1.165, 1.54) is 16.2 Å². The standard InChI is InChI=1S/C17H31N3O2S.ClH/c1-6-8-13(18)15(21)20-16-19-11-14(23-16)12(2)9-7-10-17(3,4)22-5;/h11-13H,6-10,18H2,1-5H3,(H,19,20,21);1H/t12?,13-;/m0./s1. The van der Waals surface area contributed by atoms with Gasteiger partial charge in [-0.3, -0.25) is 4.79 Å². The number of hydrogen-bond acceptors (Lipinski definition) is 5. The minimum Gasteiger partial charge on any atom is -0.379 e. The summed E-state index contributed by atoms with van der Waals surface area (Å²) in [5, 5.41) is 3.45. The van der Waals surface area contributed by atoms with Crippen molar-refractivity contribution in [2.45, 2.75) is 77.4 Å². The van der Waals surface area contributed by atoms with Gasteiger partial charge in [-0.2, -0.15) is 0 Å². The van der Waals surface area contributed by atoms with Crippen LogP contribution in [-0.2, 0) is 9.53 Å². The number of nitrogens with zero attached hydrogens (tertiary/aromatic N) is 1. The molecule has 0 saturated heterocycles. The van der Waals surface area contributed by atoms with Gasteiger partial charge in [0.2, 0.25) is 5.91 Å². The number of methoxy groups -OCH3 is 1. The second-order valence-corrected chi connectivity index (χ2v) is 7.77. The molecule has 0 aliphatic rings. The lowest BCUT2D eigenvalue weighted by Crippen LogP contribution is -2.35. The number of ether oxygens (including phenoxy) is 1. The monoisotopic (exact) mass is 377 g/mol. The number of halogens is 1. The molecule has 24 heavy (non-hydrogen) atoms. The predicted octanol–water partition coefficient (Wildman–Crippen LogP) is 4.33. The first kappa shape index (κ1) is 23.3. The molecular formula is C17H32ClN3O2S. The third-order valence-corrected chi connectivity index (χ3v) is 5.29. The van der Waals surface area contributed by atoms with Crippen molar-refractivity contribution in [3.05, 3.63) is 11.1 Å². The average molecular weight is 378 g/mol. The van der Waals surface area contributed by atoms with Gasteiger partial charge >= 0.3 is 0 Å². The van der Waals surface area contributed by atoms with Gasteiger partial charge in [0.15, 0.2) is 5.13 Å². The lowest BCUT2D eigenvalue weighted by atomic mass is 9.96. The first-order valence-electron chi connectivity index (χ1n) is 8.36. The highest BCUT2D eigenvalue weighted by molar-refractivity contribution is 7.15. The number of amides is 1. The van der Waals surface area contributed by atoms with Crippen molar-refractivity contribution in [3.8, 4) is 0 Å². The molecule has 5 nitrogen and oxygen atoms in total. The van der Waals surface area contributed by atoms with E-state index in [1.807, 2.05) is 13.1 Å². The number of thiazole rings is 1. The van der Waals surface area contributed by atoms with Gasteiger partial charge < -0.3 is 15.8 Å². The molecule has 1 heterocycles. The summed E-state index contributed by atoms with van der Waals surface area (Å²) in [6, 6.07) is -0.457. The molecule has 0 aliphatic carbocycles. The smallest absolute Gasteiger partial charge is 0.243 e. The fourth-order valence-corrected chi connectivity index (χ4v) is 3.20. The second kappa shape index (κ2) is 11.0. The Hall–Kier alpha value is -0.690. The minimum absolute atomic E-state index is 0. The van der Waals surface area contributed by atoms with Crippen LogP contribution >= 0.6 is 23.7 Å². The van der Waals surface area contributed by atoms with Crippen molar-refractivity contribution in [2.75, 3.05) is 12.4 Å². The molecule has 3 N–H and O–H groups in total. The van der Waals surface area contributed by atoms with E-state index < -0.39 is 6.04 Å². The first-order chi connectivity index (χ1) is 10.8. The lowest BCUT2D eigenvalue weighted by molar-refractivity contribution is -0.117. The molecule has 0 radical (unpaired) electrons. The van der Waals surface area contributed by atoms with E-state index in [4.69, 9.17) is 10.5 Å². The van der Waals surface area contributed by atoms with Gasteiger partial charge in [0, 0.05) is 18.2 Å². The van der Waals surface area contributed by atoms with Crippen molar-refractivity contribution in [2.24, 2.45) is 5.73 Å². The molecule has 140 valence electrons. The van der Waals surface area contributed by atoms with Gasteiger partial charge in [-0.15, -0.1) is 23.7 Å². The molecule has 1 aromatic heterocycles. The van der Waals surface area contributed by atoms with Gasteiger partial charge in [0.25, 0.3) is 0 Å². The van der Waals surface area contributed by atoms with E-state index in [-0.39, 0.29) is 23.9 Å². The predicted molar refractivity (Wildman–Crippen MR) is 104 cm³/mol. The largest absolute Gasteiger partial charge is 0.379 e. The van der Waals surface area contributed by atoms with Crippen molar-refractivity contribution in [1.29, 1.82) is 0 Å². The summed E-state index contributed by atoms with van der Waals surface area (Å²) in [7, 11) is 1.75. The molecule has 1 rings (SSSR count). The molecule has 1 amide bonds. The Bertz CT molecular complexity index is 494. The maximum absolute atomic E-state index is 11.9. The van der Waals surface area contributed by atoms with E-state index in [0.717, 1.165) is 25.7 Å². The van der Waals surface area contributed by atoms with Crippen molar-refractivity contribution in [3.63, 3.8) is 0 Å². The first-order valence-corrected chi connectivity index (χ1v) is 9.18. The SMILES string of the molecule is CCC[C@H](N)C(=O)Nc1ncc(C(C)CCCC(C)(C)OC)s1.Cl. The molecule has 1 unspecified atom stereocenters. The third kappa shape index (κ3) is 7.92. The third-order valence-electron chi connectivity index (χ3n) is 4.14. The molecule has 0 aromatic carbocycles. The highest BCUT2D eigenvalue weighted by Crippen LogP contribution is 2.30.